The summed E-state index contributed by atoms with van der Waals surface area (Å²) in [5, 5.41) is 9.17. The number of carboxylic acids is 1. The van der Waals surface area contributed by atoms with Gasteiger partial charge in [-0.3, -0.25) is 0 Å². The second-order valence-corrected chi connectivity index (χ2v) is 5.14. The van der Waals surface area contributed by atoms with Crippen molar-refractivity contribution in [1.82, 2.24) is 0 Å². The van der Waals surface area contributed by atoms with E-state index < -0.39 is 12.0 Å². The van der Waals surface area contributed by atoms with Crippen molar-refractivity contribution in [3.8, 4) is 0 Å². The van der Waals surface area contributed by atoms with Crippen molar-refractivity contribution in [1.29, 1.82) is 0 Å². The summed E-state index contributed by atoms with van der Waals surface area (Å²) in [5.74, 6) is -0.778. The third-order valence-electron chi connectivity index (χ3n) is 2.98. The summed E-state index contributed by atoms with van der Waals surface area (Å²) in [6.07, 6.45) is 4.09. The van der Waals surface area contributed by atoms with Gasteiger partial charge < -0.3 is 10.0 Å². The van der Waals surface area contributed by atoms with Crippen LogP contribution in [0.3, 0.4) is 0 Å². The van der Waals surface area contributed by atoms with Crippen LogP contribution in [0.1, 0.15) is 26.7 Å². The Labute approximate surface area is 142 Å². The Balaban J connectivity index is 0.00000324. The Bertz CT molecular complexity index is 384. The van der Waals surface area contributed by atoms with Crippen LogP contribution in [0.25, 0.3) is 0 Å². The van der Waals surface area contributed by atoms with E-state index in [0.29, 0.717) is 0 Å². The second kappa shape index (κ2) is 9.70. The van der Waals surface area contributed by atoms with Gasteiger partial charge in [0, 0.05) is 17.1 Å². The van der Waals surface area contributed by atoms with Crippen molar-refractivity contribution in [2.45, 2.75) is 37.6 Å². The number of nitrogens with zero attached hydrogens (tertiary/aromatic N) is 1. The topological polar surface area (TPSA) is 40.5 Å². The Morgan fingerprint density at radius 2 is 1.95 bits per heavy atom. The standard InChI is InChI=1S/C14H21NO2S.Na.H/c1-4-5-10-15(11(2)14(16)17)12-6-8-13(18-3)9-7-12;;/h6-9,11H,4-5,10H2,1-3H3,(H,16,17);;. The molecule has 19 heavy (non-hydrogen) atoms. The molecule has 0 amide bonds. The van der Waals surface area contributed by atoms with Crippen LogP contribution in [0, 0.1) is 0 Å². The molecule has 0 aliphatic rings. The average molecular weight is 291 g/mol. The van der Waals surface area contributed by atoms with Crippen LogP contribution in [0.2, 0.25) is 0 Å². The van der Waals surface area contributed by atoms with Crippen LogP contribution in [-0.2, 0) is 4.79 Å². The molecule has 102 valence electrons. The van der Waals surface area contributed by atoms with E-state index >= 15 is 0 Å². The number of hydrogen-bond donors (Lipinski definition) is 1. The first kappa shape index (κ1) is 18.8. The number of anilines is 1. The van der Waals surface area contributed by atoms with E-state index in [9.17, 15) is 4.79 Å². The SMILES string of the molecule is CCCCN(c1ccc(SC)cc1)C(C)C(=O)O.[NaH]. The fraction of sp³-hybridized carbons (Fsp3) is 0.500. The number of thioether (sulfide) groups is 1. The molecule has 0 bridgehead atoms. The number of carboxylic acid groups (broad SMARTS) is 1. The number of unbranched alkanes of at least 4 members (excludes halogenated alkanes) is 1. The van der Waals surface area contributed by atoms with Crippen LogP contribution in [0.4, 0.5) is 5.69 Å². The zero-order valence-corrected chi connectivity index (χ0v) is 12.0. The predicted octanol–water partition coefficient (Wildman–Crippen LogP) is 2.84. The summed E-state index contributed by atoms with van der Waals surface area (Å²) in [6, 6.07) is 7.58. The first-order chi connectivity index (χ1) is 8.60. The molecular formula is C14H22NNaO2S. The number of carbonyl (C=O) groups is 1. The first-order valence-electron chi connectivity index (χ1n) is 6.23. The Kier molecular flexibility index (Phi) is 9.62. The molecule has 1 rings (SSSR count). The monoisotopic (exact) mass is 291 g/mol. The minimum absolute atomic E-state index is 0. The Hall–Kier alpha value is -0.160. The maximum atomic E-state index is 11.2. The van der Waals surface area contributed by atoms with Gasteiger partial charge in [0.2, 0.25) is 0 Å². The van der Waals surface area contributed by atoms with Crippen LogP contribution in [0.5, 0.6) is 0 Å². The van der Waals surface area contributed by atoms with Crippen molar-refractivity contribution in [2.75, 3.05) is 17.7 Å². The van der Waals surface area contributed by atoms with Crippen molar-refractivity contribution < 1.29 is 9.90 Å². The number of rotatable bonds is 7. The molecule has 1 unspecified atom stereocenters. The summed E-state index contributed by atoms with van der Waals surface area (Å²) in [7, 11) is 0. The number of aliphatic carboxylic acids is 1. The van der Waals surface area contributed by atoms with Crippen LogP contribution in [0.15, 0.2) is 29.2 Å². The molecule has 5 heteroatoms. The quantitative estimate of drug-likeness (QED) is 0.619. The predicted molar refractivity (Wildman–Crippen MR) is 84.7 cm³/mol. The molecule has 0 fully saturated rings. The van der Waals surface area contributed by atoms with Crippen LogP contribution >= 0.6 is 11.8 Å². The average Bonchev–Trinajstić information content (AvgIpc) is 2.39. The zero-order chi connectivity index (χ0) is 13.5. The van der Waals surface area contributed by atoms with Gasteiger partial charge in [0.15, 0.2) is 0 Å². The van der Waals surface area contributed by atoms with Gasteiger partial charge in [0.1, 0.15) is 6.04 Å². The summed E-state index contributed by atoms with van der Waals surface area (Å²) in [4.78, 5) is 14.3. The van der Waals surface area contributed by atoms with Crippen LogP contribution < -0.4 is 4.90 Å². The van der Waals surface area contributed by atoms with Gasteiger partial charge in [-0.05, 0) is 43.9 Å². The molecule has 0 saturated carbocycles. The van der Waals surface area contributed by atoms with E-state index in [-0.39, 0.29) is 29.6 Å². The van der Waals surface area contributed by atoms with E-state index in [4.69, 9.17) is 5.11 Å². The van der Waals surface area contributed by atoms with E-state index in [0.717, 1.165) is 25.1 Å². The van der Waals surface area contributed by atoms with E-state index in [1.807, 2.05) is 35.4 Å². The van der Waals surface area contributed by atoms with Gasteiger partial charge in [-0.2, -0.15) is 0 Å². The molecule has 3 nitrogen and oxygen atoms in total. The minimum atomic E-state index is -0.778. The van der Waals surface area contributed by atoms with Gasteiger partial charge in [-0.15, -0.1) is 11.8 Å². The van der Waals surface area contributed by atoms with Gasteiger partial charge in [0.05, 0.1) is 0 Å². The van der Waals surface area contributed by atoms with Gasteiger partial charge in [0.25, 0.3) is 0 Å². The summed E-state index contributed by atoms with van der Waals surface area (Å²) in [6.45, 7) is 4.63. The fourth-order valence-electron chi connectivity index (χ4n) is 1.78. The molecule has 0 heterocycles. The fourth-order valence-corrected chi connectivity index (χ4v) is 2.19. The molecule has 0 saturated heterocycles. The molecule has 0 spiro atoms. The molecule has 1 aromatic rings. The van der Waals surface area contributed by atoms with Crippen molar-refractivity contribution in [3.63, 3.8) is 0 Å². The summed E-state index contributed by atoms with van der Waals surface area (Å²) < 4.78 is 0. The molecular weight excluding hydrogens is 269 g/mol. The number of benzene rings is 1. The van der Waals surface area contributed by atoms with Crippen LogP contribution in [-0.4, -0.2) is 59.5 Å². The van der Waals surface area contributed by atoms with Gasteiger partial charge in [-0.1, -0.05) is 13.3 Å². The second-order valence-electron chi connectivity index (χ2n) is 4.26. The summed E-state index contributed by atoms with van der Waals surface area (Å²) in [5.41, 5.74) is 0.983. The first-order valence-corrected chi connectivity index (χ1v) is 7.46. The Morgan fingerprint density at radius 1 is 1.37 bits per heavy atom. The molecule has 1 atom stereocenters. The molecule has 0 aliphatic carbocycles. The molecule has 1 aromatic carbocycles. The van der Waals surface area contributed by atoms with E-state index in [1.54, 1.807) is 18.7 Å². The maximum absolute atomic E-state index is 11.2. The molecule has 1 N–H and O–H groups in total. The molecule has 0 aromatic heterocycles. The molecule has 0 radical (unpaired) electrons. The van der Waals surface area contributed by atoms with Crippen molar-refractivity contribution in [3.05, 3.63) is 24.3 Å². The summed E-state index contributed by atoms with van der Waals surface area (Å²) >= 11 is 1.69. The van der Waals surface area contributed by atoms with Crippen molar-refractivity contribution >= 4 is 53.0 Å². The normalized spacial score (nSPS) is 11.5. The van der Waals surface area contributed by atoms with Crippen molar-refractivity contribution in [2.24, 2.45) is 0 Å². The van der Waals surface area contributed by atoms with Gasteiger partial charge in [-0.25, -0.2) is 4.79 Å². The number of hydrogen-bond acceptors (Lipinski definition) is 3. The van der Waals surface area contributed by atoms with E-state index in [2.05, 4.69) is 6.92 Å². The van der Waals surface area contributed by atoms with E-state index in [1.165, 1.54) is 4.90 Å². The third kappa shape index (κ3) is 5.78. The third-order valence-corrected chi connectivity index (χ3v) is 3.73. The molecule has 0 aliphatic heterocycles. The Morgan fingerprint density at radius 3 is 2.37 bits per heavy atom. The van der Waals surface area contributed by atoms with Gasteiger partial charge >= 0.3 is 35.5 Å². The zero-order valence-electron chi connectivity index (χ0n) is 11.2.